The second-order valence-corrected chi connectivity index (χ2v) is 12.8. The molecular weight excluding hydrogens is 508 g/mol. The zero-order valence-corrected chi connectivity index (χ0v) is 22.9. The molecule has 0 unspecified atom stereocenters. The molecule has 3 aromatic rings. The molecule has 0 amide bonds. The predicted molar refractivity (Wildman–Crippen MR) is 139 cm³/mol. The molecule has 1 nitrogen and oxygen atoms in total. The van der Waals surface area contributed by atoms with E-state index in [0.29, 0.717) is 29.0 Å². The molecule has 0 spiro atoms. The van der Waals surface area contributed by atoms with E-state index in [4.69, 9.17) is 0 Å². The molecule has 0 N–H and O–H groups in total. The van der Waals surface area contributed by atoms with Gasteiger partial charge in [0.05, 0.1) is 0 Å². The van der Waals surface area contributed by atoms with E-state index in [1.165, 1.54) is 108 Å². The van der Waals surface area contributed by atoms with Crippen LogP contribution in [0.1, 0.15) is 96.8 Å². The number of nitrogens with zero attached hydrogens (tertiary/aromatic N) is 1. The molecule has 0 bridgehead atoms. The Balaban J connectivity index is 1.31. The van der Waals surface area contributed by atoms with Gasteiger partial charge < -0.3 is 0 Å². The molecule has 0 aliphatic rings. The van der Waals surface area contributed by atoms with Crippen molar-refractivity contribution in [1.82, 2.24) is 4.57 Å². The number of hydrogen-bond donors (Lipinski definition) is 0. The van der Waals surface area contributed by atoms with Gasteiger partial charge in [-0.15, -0.1) is 0 Å². The van der Waals surface area contributed by atoms with Crippen LogP contribution in [0.15, 0.2) is 46.3 Å². The predicted octanol–water partition coefficient (Wildman–Crippen LogP) is 8.42. The Kier molecular flexibility index (Phi) is 12.2. The summed E-state index contributed by atoms with van der Waals surface area (Å²) in [6.45, 7) is 3.48. The Hall–Kier alpha value is -0.721. The van der Waals surface area contributed by atoms with Crippen molar-refractivity contribution in [2.75, 3.05) is 0 Å². The van der Waals surface area contributed by atoms with Gasteiger partial charge in [0.1, 0.15) is 0 Å². The molecule has 3 rings (SSSR count). The third-order valence-electron chi connectivity index (χ3n) is 6.26. The van der Waals surface area contributed by atoms with E-state index in [0.717, 1.165) is 0 Å². The fraction of sp³-hybridized carbons (Fsp3) is 0.571. The zero-order valence-electron chi connectivity index (χ0n) is 19.5. The first-order valence-electron chi connectivity index (χ1n) is 12.7. The summed E-state index contributed by atoms with van der Waals surface area (Å²) in [5, 5.41) is 0. The van der Waals surface area contributed by atoms with Crippen molar-refractivity contribution in [3.63, 3.8) is 0 Å². The van der Waals surface area contributed by atoms with Gasteiger partial charge in [0.2, 0.25) is 0 Å². The third-order valence-corrected chi connectivity index (χ3v) is 10.0. The summed E-state index contributed by atoms with van der Waals surface area (Å²) < 4.78 is 5.72. The first-order chi connectivity index (χ1) is 15.4. The maximum atomic E-state index is 2.63. The van der Waals surface area contributed by atoms with Crippen molar-refractivity contribution in [1.29, 1.82) is 0 Å². The molecule has 3 heterocycles. The van der Waals surface area contributed by atoms with Crippen molar-refractivity contribution in [2.24, 2.45) is 0 Å². The van der Waals surface area contributed by atoms with Crippen LogP contribution in [-0.2, 0) is 6.54 Å². The number of aromatic nitrogens is 1. The second kappa shape index (κ2) is 15.2. The molecule has 0 aromatic carbocycles. The summed E-state index contributed by atoms with van der Waals surface area (Å²) in [5.74, 6) is 0. The van der Waals surface area contributed by atoms with E-state index in [2.05, 4.69) is 57.8 Å². The molecule has 0 aliphatic carbocycles. The van der Waals surface area contributed by atoms with Gasteiger partial charge in [0.25, 0.3) is 0 Å². The SMILES string of the molecule is CCCCCCCCCCCCCCCCn1c(-c2ccc[se]2)ccc1-c1ccc[se]1. The number of unbranched alkanes of at least 4 members (excludes halogenated alkanes) is 13. The van der Waals surface area contributed by atoms with Crippen LogP contribution in [-0.4, -0.2) is 33.6 Å². The van der Waals surface area contributed by atoms with Gasteiger partial charge in [-0.3, -0.25) is 0 Å². The first-order valence-corrected chi connectivity index (χ1v) is 16.4. The summed E-state index contributed by atoms with van der Waals surface area (Å²) in [7, 11) is 0. The first kappa shape index (κ1) is 24.9. The molecule has 3 heteroatoms. The summed E-state index contributed by atoms with van der Waals surface area (Å²) in [5.41, 5.74) is 2.94. The topological polar surface area (TPSA) is 4.93 Å². The van der Waals surface area contributed by atoms with E-state index in [1.807, 2.05) is 0 Å². The van der Waals surface area contributed by atoms with Crippen LogP contribution in [0.5, 0.6) is 0 Å². The maximum absolute atomic E-state index is 2.63. The molecule has 0 radical (unpaired) electrons. The van der Waals surface area contributed by atoms with Crippen molar-refractivity contribution in [2.45, 2.75) is 103 Å². The molecule has 0 aliphatic heterocycles. The minimum atomic E-state index is 0.510. The Morgan fingerprint density at radius 2 is 0.968 bits per heavy atom. The Morgan fingerprint density at radius 3 is 1.35 bits per heavy atom. The van der Waals surface area contributed by atoms with Crippen molar-refractivity contribution >= 4 is 29.0 Å². The van der Waals surface area contributed by atoms with Crippen LogP contribution in [0.2, 0.25) is 0 Å². The molecule has 0 atom stereocenters. The third kappa shape index (κ3) is 8.62. The molecule has 31 heavy (non-hydrogen) atoms. The Labute approximate surface area is 202 Å². The fourth-order valence-corrected chi connectivity index (χ4v) is 7.64. The fourth-order valence-electron chi connectivity index (χ4n) is 4.45. The molecule has 170 valence electrons. The van der Waals surface area contributed by atoms with E-state index < -0.39 is 0 Å². The van der Waals surface area contributed by atoms with Gasteiger partial charge in [-0.1, -0.05) is 45.4 Å². The van der Waals surface area contributed by atoms with Crippen molar-refractivity contribution in [3.05, 3.63) is 46.3 Å². The van der Waals surface area contributed by atoms with Crippen LogP contribution in [0.25, 0.3) is 20.3 Å². The average molecular weight is 550 g/mol. The van der Waals surface area contributed by atoms with Gasteiger partial charge in [-0.05, 0) is 0 Å². The standard InChI is InChI=1S/C28H41NSe2/c1-2-3-4-5-6-7-8-9-10-11-12-13-14-15-22-29-25(27-18-16-23-30-27)20-21-26(29)28-19-17-24-31-28/h16-21,23-24H,2-15,22H2,1H3. The minimum absolute atomic E-state index is 0.510. The van der Waals surface area contributed by atoms with E-state index >= 15 is 0 Å². The van der Waals surface area contributed by atoms with Crippen LogP contribution in [0.3, 0.4) is 0 Å². The molecule has 0 saturated carbocycles. The summed E-state index contributed by atoms with van der Waals surface area (Å²) in [6, 6.07) is 13.9. The Bertz CT molecular complexity index is 747. The van der Waals surface area contributed by atoms with E-state index in [9.17, 15) is 0 Å². The molecule has 0 saturated heterocycles. The van der Waals surface area contributed by atoms with Crippen LogP contribution >= 0.6 is 0 Å². The average Bonchev–Trinajstić information content (AvgIpc) is 3.54. The number of hydrogen-bond acceptors (Lipinski definition) is 0. The van der Waals surface area contributed by atoms with E-state index in [1.54, 1.807) is 8.87 Å². The summed E-state index contributed by atoms with van der Waals surface area (Å²) in [4.78, 5) is 4.68. The van der Waals surface area contributed by atoms with Gasteiger partial charge in [0, 0.05) is 0 Å². The normalized spacial score (nSPS) is 11.4. The van der Waals surface area contributed by atoms with Gasteiger partial charge in [0.15, 0.2) is 0 Å². The summed E-state index contributed by atoms with van der Waals surface area (Å²) >= 11 is 1.02. The second-order valence-electron chi connectivity index (χ2n) is 8.81. The zero-order chi connectivity index (χ0) is 21.6. The van der Waals surface area contributed by atoms with Crippen LogP contribution < -0.4 is 0 Å². The number of rotatable bonds is 17. The van der Waals surface area contributed by atoms with Crippen molar-refractivity contribution in [3.8, 4) is 20.3 Å². The van der Waals surface area contributed by atoms with Crippen molar-refractivity contribution < 1.29 is 0 Å². The van der Waals surface area contributed by atoms with Gasteiger partial charge >= 0.3 is 158 Å². The molecular formula is C28H41NSe2. The molecule has 3 aromatic heterocycles. The quantitative estimate of drug-likeness (QED) is 0.118. The van der Waals surface area contributed by atoms with Gasteiger partial charge in [-0.25, -0.2) is 0 Å². The Morgan fingerprint density at radius 1 is 0.548 bits per heavy atom. The monoisotopic (exact) mass is 551 g/mol. The molecule has 0 fully saturated rings. The van der Waals surface area contributed by atoms with Crippen LogP contribution in [0.4, 0.5) is 0 Å². The van der Waals surface area contributed by atoms with Gasteiger partial charge in [-0.2, -0.15) is 0 Å². The van der Waals surface area contributed by atoms with Crippen LogP contribution in [0, 0.1) is 0 Å². The van der Waals surface area contributed by atoms with E-state index in [-0.39, 0.29) is 0 Å². The summed E-state index contributed by atoms with van der Waals surface area (Å²) in [6.07, 6.45) is 20.0.